The zero-order valence-electron chi connectivity index (χ0n) is 21.7. The van der Waals surface area contributed by atoms with Gasteiger partial charge in [0.05, 0.1) is 35.0 Å². The SMILES string of the molecule is O=C([O-])c1ccc2cccc(O)c2n1.O=C([O-])c1ccc2cccc(O)c2n1.O=C([O-])c1ccc2cccc(O)c2n1.[Cr+3]. The molecule has 0 aliphatic rings. The second-order valence-electron chi connectivity index (χ2n) is 8.50. The maximum absolute atomic E-state index is 10.5. The molecule has 0 saturated carbocycles. The van der Waals surface area contributed by atoms with Gasteiger partial charge in [0.1, 0.15) is 33.8 Å². The first kappa shape index (κ1) is 31.8. The maximum atomic E-state index is 10.5. The van der Waals surface area contributed by atoms with Gasteiger partial charge in [-0.1, -0.05) is 54.6 Å². The van der Waals surface area contributed by atoms with E-state index in [0.717, 1.165) is 0 Å². The van der Waals surface area contributed by atoms with Gasteiger partial charge in [0, 0.05) is 16.2 Å². The number of aromatic hydroxyl groups is 3. The van der Waals surface area contributed by atoms with Crippen LogP contribution in [0.15, 0.2) is 91.0 Å². The Labute approximate surface area is 252 Å². The zero-order chi connectivity index (χ0) is 30.4. The number of hydrogen-bond acceptors (Lipinski definition) is 12. The fourth-order valence-electron chi connectivity index (χ4n) is 3.74. The number of nitrogens with zero attached hydrogens (tertiary/aromatic N) is 3. The second kappa shape index (κ2) is 13.7. The van der Waals surface area contributed by atoms with E-state index in [1.54, 1.807) is 54.6 Å². The number of phenols is 3. The number of carbonyl (C=O) groups excluding carboxylic acids is 3. The number of para-hydroxylation sites is 3. The van der Waals surface area contributed by atoms with Gasteiger partial charge in [0.15, 0.2) is 0 Å². The van der Waals surface area contributed by atoms with E-state index < -0.39 is 17.9 Å². The van der Waals surface area contributed by atoms with Crippen LogP contribution in [0.25, 0.3) is 32.7 Å². The summed E-state index contributed by atoms with van der Waals surface area (Å²) in [4.78, 5) is 42.8. The number of aromatic nitrogens is 3. The van der Waals surface area contributed by atoms with Crippen LogP contribution in [-0.2, 0) is 17.4 Å². The summed E-state index contributed by atoms with van der Waals surface area (Å²) >= 11 is 0. The Morgan fingerprint density at radius 2 is 0.698 bits per heavy atom. The van der Waals surface area contributed by atoms with E-state index in [1.807, 2.05) is 0 Å². The van der Waals surface area contributed by atoms with Gasteiger partial charge < -0.3 is 45.0 Å². The molecular formula is C30H18CrN3O9. The van der Waals surface area contributed by atoms with Crippen molar-refractivity contribution in [3.8, 4) is 17.2 Å². The van der Waals surface area contributed by atoms with E-state index in [4.69, 9.17) is 0 Å². The molecule has 3 N–H and O–H groups in total. The quantitative estimate of drug-likeness (QED) is 0.253. The van der Waals surface area contributed by atoms with Crippen molar-refractivity contribution in [3.63, 3.8) is 0 Å². The average molecular weight is 616 g/mol. The number of carboxylic acid groups (broad SMARTS) is 3. The van der Waals surface area contributed by atoms with Crippen LogP contribution in [0.5, 0.6) is 17.2 Å². The van der Waals surface area contributed by atoms with Gasteiger partial charge >= 0.3 is 17.4 Å². The molecule has 6 aromatic rings. The zero-order valence-corrected chi connectivity index (χ0v) is 23.0. The number of rotatable bonds is 3. The maximum Gasteiger partial charge on any atom is 3.00 e. The normalized spacial score (nSPS) is 10.0. The minimum Gasteiger partial charge on any atom is -0.543 e. The predicted octanol–water partition coefficient (Wildman–Crippen LogP) is 0.909. The molecule has 12 nitrogen and oxygen atoms in total. The number of fused-ring (bicyclic) bond motifs is 3. The van der Waals surface area contributed by atoms with Gasteiger partial charge in [-0.25, -0.2) is 15.0 Å². The molecule has 43 heavy (non-hydrogen) atoms. The van der Waals surface area contributed by atoms with E-state index in [0.29, 0.717) is 16.2 Å². The fourth-order valence-corrected chi connectivity index (χ4v) is 3.74. The number of benzene rings is 3. The molecule has 0 amide bonds. The number of carboxylic acids is 3. The molecule has 13 heteroatoms. The summed E-state index contributed by atoms with van der Waals surface area (Å²) < 4.78 is 0. The van der Waals surface area contributed by atoms with Crippen LogP contribution < -0.4 is 15.3 Å². The molecule has 3 heterocycles. The Bertz CT molecular complexity index is 1760. The van der Waals surface area contributed by atoms with Crippen LogP contribution >= 0.6 is 0 Å². The molecule has 0 fully saturated rings. The fraction of sp³-hybridized carbons (Fsp3) is 0. The standard InChI is InChI=1S/3C10H7NO3.Cr/c3*12-8-3-1-2-6-4-5-7(10(13)14)11-9(6)8;/h3*1-5,12H,(H,13,14);/q;;;+3/p-3. The van der Waals surface area contributed by atoms with E-state index in [2.05, 4.69) is 15.0 Å². The number of pyridine rings is 3. The van der Waals surface area contributed by atoms with Crippen molar-refractivity contribution in [3.05, 3.63) is 108 Å². The first-order valence-corrected chi connectivity index (χ1v) is 12.0. The summed E-state index contributed by atoms with van der Waals surface area (Å²) in [5, 5.41) is 61.8. The van der Waals surface area contributed by atoms with Crippen molar-refractivity contribution < 1.29 is 62.4 Å². The summed E-state index contributed by atoms with van der Waals surface area (Å²) in [6.45, 7) is 0. The van der Waals surface area contributed by atoms with Crippen LogP contribution in [0.3, 0.4) is 0 Å². The monoisotopic (exact) mass is 616 g/mol. The summed E-state index contributed by atoms with van der Waals surface area (Å²) in [5.74, 6) is -4.16. The third-order valence-corrected chi connectivity index (χ3v) is 5.72. The van der Waals surface area contributed by atoms with Crippen LogP contribution in [0.1, 0.15) is 31.5 Å². The number of carbonyl (C=O) groups is 3. The van der Waals surface area contributed by atoms with Crippen LogP contribution in [0, 0.1) is 0 Å². The van der Waals surface area contributed by atoms with Gasteiger partial charge in [-0.05, 0) is 36.4 Å². The summed E-state index contributed by atoms with van der Waals surface area (Å²) in [7, 11) is 0. The number of phenolic OH excluding ortho intramolecular Hbond substituents is 3. The Morgan fingerprint density at radius 1 is 0.442 bits per heavy atom. The first-order valence-electron chi connectivity index (χ1n) is 12.0. The Hall–Kier alpha value is -5.77. The smallest absolute Gasteiger partial charge is 0.543 e. The molecule has 3 aromatic heterocycles. The minimum absolute atomic E-state index is 0. The molecule has 0 spiro atoms. The van der Waals surface area contributed by atoms with Gasteiger partial charge in [-0.15, -0.1) is 0 Å². The van der Waals surface area contributed by atoms with Gasteiger partial charge in [-0.2, -0.15) is 0 Å². The van der Waals surface area contributed by atoms with Gasteiger partial charge in [-0.3, -0.25) is 0 Å². The molecule has 0 aliphatic heterocycles. The van der Waals surface area contributed by atoms with Crippen LogP contribution in [0.4, 0.5) is 0 Å². The number of aromatic carboxylic acids is 3. The summed E-state index contributed by atoms with van der Waals surface area (Å²) in [5.41, 5.74) is 0.273. The van der Waals surface area contributed by atoms with Crippen molar-refractivity contribution in [1.82, 2.24) is 15.0 Å². The van der Waals surface area contributed by atoms with Crippen molar-refractivity contribution in [2.45, 2.75) is 0 Å². The van der Waals surface area contributed by atoms with E-state index >= 15 is 0 Å². The Morgan fingerprint density at radius 3 is 0.930 bits per heavy atom. The third kappa shape index (κ3) is 7.50. The molecule has 0 saturated heterocycles. The second-order valence-corrected chi connectivity index (χ2v) is 8.50. The van der Waals surface area contributed by atoms with Crippen molar-refractivity contribution in [2.75, 3.05) is 0 Å². The average Bonchev–Trinajstić information content (AvgIpc) is 2.98. The summed E-state index contributed by atoms with van der Waals surface area (Å²) in [6.07, 6.45) is 0. The van der Waals surface area contributed by atoms with Crippen molar-refractivity contribution in [2.24, 2.45) is 0 Å². The van der Waals surface area contributed by atoms with Gasteiger partial charge in [0.25, 0.3) is 0 Å². The van der Waals surface area contributed by atoms with Crippen LogP contribution in [0.2, 0.25) is 0 Å². The first-order chi connectivity index (χ1) is 20.0. The third-order valence-electron chi connectivity index (χ3n) is 5.72. The van der Waals surface area contributed by atoms with Crippen molar-refractivity contribution in [1.29, 1.82) is 0 Å². The van der Waals surface area contributed by atoms with E-state index in [9.17, 15) is 45.0 Å². The molecule has 0 aliphatic carbocycles. The van der Waals surface area contributed by atoms with Gasteiger partial charge in [0.2, 0.25) is 0 Å². The Kier molecular flexibility index (Phi) is 10.1. The molecule has 0 unspecified atom stereocenters. The molecular weight excluding hydrogens is 598 g/mol. The minimum atomic E-state index is -1.35. The molecule has 3 aromatic carbocycles. The topological polar surface area (TPSA) is 220 Å². The van der Waals surface area contributed by atoms with E-state index in [1.165, 1.54) is 36.4 Å². The molecule has 6 rings (SSSR count). The molecule has 1 radical (unpaired) electrons. The van der Waals surface area contributed by atoms with E-state index in [-0.39, 0.29) is 68.2 Å². The van der Waals surface area contributed by atoms with Crippen LogP contribution in [-0.4, -0.2) is 48.2 Å². The number of hydrogen-bond donors (Lipinski definition) is 3. The predicted molar refractivity (Wildman–Crippen MR) is 143 cm³/mol. The molecule has 213 valence electrons. The Balaban J connectivity index is 0.000000175. The largest absolute Gasteiger partial charge is 3.00 e. The van der Waals surface area contributed by atoms with Crippen molar-refractivity contribution >= 4 is 50.6 Å². The molecule has 0 atom stereocenters. The molecule has 0 bridgehead atoms. The summed E-state index contributed by atoms with van der Waals surface area (Å²) in [6, 6.07) is 23.3.